The third-order valence-electron chi connectivity index (χ3n) is 6.79. The van der Waals surface area contributed by atoms with Crippen LogP contribution in [0.15, 0.2) is 45.3 Å². The molecule has 1 aromatic heterocycles. The molecule has 1 saturated heterocycles. The highest BCUT2D eigenvalue weighted by molar-refractivity contribution is 5.81. The third-order valence-corrected chi connectivity index (χ3v) is 6.79. The van der Waals surface area contributed by atoms with Gasteiger partial charge in [0.25, 0.3) is 0 Å². The smallest absolute Gasteiger partial charge is 0.408 e. The van der Waals surface area contributed by atoms with Gasteiger partial charge in [0.1, 0.15) is 6.54 Å². The number of oxazole rings is 1. The fourth-order valence-electron chi connectivity index (χ4n) is 4.95. The van der Waals surface area contributed by atoms with Crippen molar-refractivity contribution in [3.63, 3.8) is 0 Å². The molecule has 1 atom stereocenters. The molecule has 2 fully saturated rings. The van der Waals surface area contributed by atoms with Crippen molar-refractivity contribution in [2.75, 3.05) is 13.1 Å². The molecule has 0 bridgehead atoms. The maximum absolute atomic E-state index is 12.7. The molecule has 1 N–H and O–H groups in total. The number of hydrogen-bond acceptors (Lipinski definition) is 4. The number of piperidine rings is 1. The minimum Gasteiger partial charge on any atom is -0.408 e. The van der Waals surface area contributed by atoms with Crippen molar-refractivity contribution in [2.24, 2.45) is 11.3 Å². The van der Waals surface area contributed by atoms with E-state index in [9.17, 15) is 14.4 Å². The number of hydrogen-bond donors (Lipinski definition) is 1. The number of carbonyl (C=O) groups excluding carboxylic acids is 2. The molecule has 2 amide bonds. The maximum atomic E-state index is 12.7. The summed E-state index contributed by atoms with van der Waals surface area (Å²) in [6.07, 6.45) is 8.94. The monoisotopic (exact) mass is 409 g/mol. The van der Waals surface area contributed by atoms with Gasteiger partial charge in [-0.25, -0.2) is 4.79 Å². The Hall–Kier alpha value is -2.83. The van der Waals surface area contributed by atoms with Gasteiger partial charge in [0.2, 0.25) is 11.8 Å². The van der Waals surface area contributed by atoms with Crippen molar-refractivity contribution in [3.8, 4) is 0 Å². The molecule has 5 rings (SSSR count). The SMILES string of the molecule is O=C(Cn1c(=O)oc2ccccc21)NCC12CCCC=C1N(CC1CC1)C(=O)CC2. The van der Waals surface area contributed by atoms with E-state index in [2.05, 4.69) is 11.4 Å². The molecule has 1 saturated carbocycles. The van der Waals surface area contributed by atoms with E-state index in [0.717, 1.165) is 37.9 Å². The molecule has 2 aliphatic carbocycles. The van der Waals surface area contributed by atoms with Crippen molar-refractivity contribution in [2.45, 2.75) is 51.5 Å². The van der Waals surface area contributed by atoms with Crippen LogP contribution >= 0.6 is 0 Å². The number of allylic oxidation sites excluding steroid dienone is 1. The lowest BCUT2D eigenvalue weighted by atomic mass is 9.69. The standard InChI is InChI=1S/C23H27N3O4/c27-20(14-25-17-5-1-2-6-18(17)30-22(25)29)24-15-23-11-4-3-7-19(23)26(13-16-8-9-16)21(28)10-12-23/h1-2,5-7,16H,3-4,8-15H2,(H,24,27). The number of amides is 2. The number of likely N-dealkylation sites (tertiary alicyclic amines) is 1. The predicted octanol–water partition coefficient (Wildman–Crippen LogP) is 2.80. The van der Waals surface area contributed by atoms with Crippen LogP contribution in [0.25, 0.3) is 11.1 Å². The number of para-hydroxylation sites is 2. The molecule has 7 nitrogen and oxygen atoms in total. The topological polar surface area (TPSA) is 84.5 Å². The highest BCUT2D eigenvalue weighted by atomic mass is 16.4. The van der Waals surface area contributed by atoms with Gasteiger partial charge < -0.3 is 14.6 Å². The summed E-state index contributed by atoms with van der Waals surface area (Å²) in [5, 5.41) is 3.06. The average Bonchev–Trinajstić information content (AvgIpc) is 3.52. The molecule has 0 spiro atoms. The van der Waals surface area contributed by atoms with Gasteiger partial charge in [0, 0.05) is 30.6 Å². The molecule has 158 valence electrons. The van der Waals surface area contributed by atoms with Gasteiger partial charge in [-0.3, -0.25) is 14.2 Å². The van der Waals surface area contributed by atoms with E-state index in [1.165, 1.54) is 17.4 Å². The average molecular weight is 409 g/mol. The zero-order valence-electron chi connectivity index (χ0n) is 17.1. The summed E-state index contributed by atoms with van der Waals surface area (Å²) < 4.78 is 6.59. The van der Waals surface area contributed by atoms with Gasteiger partial charge in [-0.05, 0) is 56.6 Å². The second-order valence-electron chi connectivity index (χ2n) is 8.91. The Bertz CT molecular complexity index is 1080. The van der Waals surface area contributed by atoms with E-state index in [4.69, 9.17) is 4.42 Å². The molecule has 2 aromatic rings. The molecule has 1 unspecified atom stereocenters. The zero-order valence-corrected chi connectivity index (χ0v) is 17.1. The van der Waals surface area contributed by atoms with E-state index in [0.29, 0.717) is 30.0 Å². The van der Waals surface area contributed by atoms with Gasteiger partial charge >= 0.3 is 5.76 Å². The second-order valence-corrected chi connectivity index (χ2v) is 8.91. The van der Waals surface area contributed by atoms with E-state index >= 15 is 0 Å². The number of aromatic nitrogens is 1. The van der Waals surface area contributed by atoms with Crippen LogP contribution in [-0.2, 0) is 16.1 Å². The van der Waals surface area contributed by atoms with Crippen LogP contribution in [0.2, 0.25) is 0 Å². The first-order valence-electron chi connectivity index (χ1n) is 10.9. The second kappa shape index (κ2) is 7.45. The molecule has 30 heavy (non-hydrogen) atoms. The van der Waals surface area contributed by atoms with E-state index in [1.807, 2.05) is 11.0 Å². The number of carbonyl (C=O) groups is 2. The summed E-state index contributed by atoms with van der Waals surface area (Å²) in [7, 11) is 0. The minimum atomic E-state index is -0.526. The molecule has 2 heterocycles. The van der Waals surface area contributed by atoms with Crippen LogP contribution in [0.3, 0.4) is 0 Å². The Labute approximate surface area is 174 Å². The van der Waals surface area contributed by atoms with Crippen LogP contribution in [0.5, 0.6) is 0 Å². The van der Waals surface area contributed by atoms with Crippen LogP contribution < -0.4 is 11.1 Å². The summed E-state index contributed by atoms with van der Waals surface area (Å²) >= 11 is 0. The molecule has 3 aliphatic rings. The van der Waals surface area contributed by atoms with Gasteiger partial charge in [0.05, 0.1) is 5.52 Å². The summed E-state index contributed by atoms with van der Waals surface area (Å²) in [6.45, 7) is 1.24. The largest absolute Gasteiger partial charge is 0.420 e. The highest BCUT2D eigenvalue weighted by Crippen LogP contribution is 2.47. The normalized spacial score (nSPS) is 23.9. The minimum absolute atomic E-state index is 0.0737. The lowest BCUT2D eigenvalue weighted by Gasteiger charge is -2.47. The van der Waals surface area contributed by atoms with Gasteiger partial charge in [0.15, 0.2) is 5.58 Å². The third kappa shape index (κ3) is 3.46. The molecule has 7 heteroatoms. The van der Waals surface area contributed by atoms with Crippen molar-refractivity contribution in [1.82, 2.24) is 14.8 Å². The van der Waals surface area contributed by atoms with Gasteiger partial charge in [-0.1, -0.05) is 18.2 Å². The van der Waals surface area contributed by atoms with Crippen LogP contribution in [0.1, 0.15) is 44.9 Å². The first-order chi connectivity index (χ1) is 14.6. The van der Waals surface area contributed by atoms with Gasteiger partial charge in [-0.15, -0.1) is 0 Å². The number of benzene rings is 1. The van der Waals surface area contributed by atoms with Crippen molar-refractivity contribution in [1.29, 1.82) is 0 Å². The van der Waals surface area contributed by atoms with Crippen LogP contribution in [-0.4, -0.2) is 34.4 Å². The van der Waals surface area contributed by atoms with Crippen LogP contribution in [0, 0.1) is 11.3 Å². The number of fused-ring (bicyclic) bond motifs is 2. The highest BCUT2D eigenvalue weighted by Gasteiger charge is 2.45. The molecule has 1 aromatic carbocycles. The fourth-order valence-corrected chi connectivity index (χ4v) is 4.95. The lowest BCUT2D eigenvalue weighted by Crippen LogP contribution is -2.51. The molecule has 1 aliphatic heterocycles. The zero-order chi connectivity index (χ0) is 20.7. The predicted molar refractivity (Wildman–Crippen MR) is 112 cm³/mol. The Kier molecular flexibility index (Phi) is 4.76. The number of nitrogens with one attached hydrogen (secondary N) is 1. The summed E-state index contributed by atoms with van der Waals surface area (Å²) in [6, 6.07) is 7.11. The maximum Gasteiger partial charge on any atom is 0.420 e. The Morgan fingerprint density at radius 3 is 2.87 bits per heavy atom. The number of nitrogens with zero attached hydrogens (tertiary/aromatic N) is 2. The van der Waals surface area contributed by atoms with E-state index in [1.54, 1.807) is 18.2 Å². The summed E-state index contributed by atoms with van der Waals surface area (Å²) in [5.74, 6) is 0.104. The lowest BCUT2D eigenvalue weighted by molar-refractivity contribution is -0.134. The Morgan fingerprint density at radius 2 is 2.03 bits per heavy atom. The van der Waals surface area contributed by atoms with Crippen molar-refractivity contribution in [3.05, 3.63) is 46.6 Å². The fraction of sp³-hybridized carbons (Fsp3) is 0.522. The van der Waals surface area contributed by atoms with Crippen LogP contribution in [0.4, 0.5) is 0 Å². The van der Waals surface area contributed by atoms with E-state index < -0.39 is 5.76 Å². The van der Waals surface area contributed by atoms with Crippen molar-refractivity contribution < 1.29 is 14.0 Å². The molecule has 0 radical (unpaired) electrons. The Balaban J connectivity index is 1.31. The molecular formula is C23H27N3O4. The Morgan fingerprint density at radius 1 is 1.20 bits per heavy atom. The summed E-state index contributed by atoms with van der Waals surface area (Å²) in [4.78, 5) is 39.5. The molecular weight excluding hydrogens is 382 g/mol. The first-order valence-corrected chi connectivity index (χ1v) is 10.9. The van der Waals surface area contributed by atoms with Crippen molar-refractivity contribution >= 4 is 22.9 Å². The van der Waals surface area contributed by atoms with Gasteiger partial charge in [-0.2, -0.15) is 0 Å². The first kappa shape index (κ1) is 19.2. The summed E-state index contributed by atoms with van der Waals surface area (Å²) in [5.41, 5.74) is 2.03. The quantitative estimate of drug-likeness (QED) is 0.795. The van der Waals surface area contributed by atoms with E-state index in [-0.39, 0.29) is 23.8 Å². The number of rotatable bonds is 6.